The van der Waals surface area contributed by atoms with Gasteiger partial charge in [-0.2, -0.15) is 0 Å². The Balaban J connectivity index is 1.41. The molecule has 2 aromatic rings. The number of carbonyl (C=O) groups is 2. The summed E-state index contributed by atoms with van der Waals surface area (Å²) in [6.45, 7) is 2.85. The van der Waals surface area contributed by atoms with Crippen LogP contribution in [-0.4, -0.2) is 56.7 Å². The number of carbonyl (C=O) groups excluding carboxylic acids is 2. The van der Waals surface area contributed by atoms with Crippen LogP contribution in [-0.2, 0) is 4.79 Å². The van der Waals surface area contributed by atoms with Gasteiger partial charge < -0.3 is 25.2 Å². The van der Waals surface area contributed by atoms with Crippen LogP contribution in [0.15, 0.2) is 54.6 Å². The molecule has 142 valence electrons. The second kappa shape index (κ2) is 8.93. The maximum absolute atomic E-state index is 12.3. The number of nitrogens with zero attached hydrogens (tertiary/aromatic N) is 2. The van der Waals surface area contributed by atoms with Crippen LogP contribution in [0.3, 0.4) is 0 Å². The minimum Gasteiger partial charge on any atom is -0.497 e. The van der Waals surface area contributed by atoms with E-state index in [-0.39, 0.29) is 12.5 Å². The third-order valence-electron chi connectivity index (χ3n) is 4.50. The van der Waals surface area contributed by atoms with Crippen molar-refractivity contribution in [2.75, 3.05) is 50.1 Å². The van der Waals surface area contributed by atoms with Crippen LogP contribution >= 0.6 is 0 Å². The van der Waals surface area contributed by atoms with Crippen LogP contribution in [0.25, 0.3) is 0 Å². The molecule has 3 amide bonds. The zero-order chi connectivity index (χ0) is 19.1. The molecule has 0 radical (unpaired) electrons. The van der Waals surface area contributed by atoms with Gasteiger partial charge in [-0.3, -0.25) is 4.79 Å². The molecule has 0 atom stereocenters. The molecule has 0 aromatic heterocycles. The highest BCUT2D eigenvalue weighted by Gasteiger charge is 2.21. The quantitative estimate of drug-likeness (QED) is 0.848. The summed E-state index contributed by atoms with van der Waals surface area (Å²) in [5.41, 5.74) is 1.80. The summed E-state index contributed by atoms with van der Waals surface area (Å²) >= 11 is 0. The molecule has 1 aliphatic rings. The van der Waals surface area contributed by atoms with E-state index in [0.29, 0.717) is 24.5 Å². The Morgan fingerprint density at radius 1 is 0.963 bits per heavy atom. The van der Waals surface area contributed by atoms with Gasteiger partial charge in [0, 0.05) is 37.6 Å². The predicted octanol–water partition coefficient (Wildman–Crippen LogP) is 2.17. The molecule has 1 fully saturated rings. The average Bonchev–Trinajstić information content (AvgIpc) is 2.73. The van der Waals surface area contributed by atoms with Crippen molar-refractivity contribution in [2.24, 2.45) is 0 Å². The van der Waals surface area contributed by atoms with Crippen LogP contribution in [0.2, 0.25) is 0 Å². The Morgan fingerprint density at radius 2 is 1.63 bits per heavy atom. The van der Waals surface area contributed by atoms with Crippen molar-refractivity contribution in [1.29, 1.82) is 0 Å². The van der Waals surface area contributed by atoms with E-state index in [2.05, 4.69) is 27.7 Å². The maximum atomic E-state index is 12.3. The summed E-state index contributed by atoms with van der Waals surface area (Å²) in [7, 11) is 1.58. The van der Waals surface area contributed by atoms with E-state index in [1.165, 1.54) is 5.69 Å². The Bertz CT molecular complexity index is 757. The van der Waals surface area contributed by atoms with Gasteiger partial charge in [-0.05, 0) is 36.4 Å². The van der Waals surface area contributed by atoms with E-state index in [0.717, 1.165) is 13.1 Å². The molecule has 1 aliphatic heterocycles. The fourth-order valence-electron chi connectivity index (χ4n) is 2.97. The van der Waals surface area contributed by atoms with E-state index in [1.54, 1.807) is 36.3 Å². The van der Waals surface area contributed by atoms with Gasteiger partial charge in [-0.1, -0.05) is 18.2 Å². The summed E-state index contributed by atoms with van der Waals surface area (Å²) in [6, 6.07) is 16.7. The number of rotatable bonds is 5. The fourth-order valence-corrected chi connectivity index (χ4v) is 2.97. The lowest BCUT2D eigenvalue weighted by atomic mass is 10.2. The predicted molar refractivity (Wildman–Crippen MR) is 105 cm³/mol. The molecule has 0 saturated carbocycles. The highest BCUT2D eigenvalue weighted by Crippen LogP contribution is 2.16. The van der Waals surface area contributed by atoms with E-state index in [9.17, 15) is 9.59 Å². The maximum Gasteiger partial charge on any atom is 0.319 e. The van der Waals surface area contributed by atoms with Gasteiger partial charge >= 0.3 is 6.03 Å². The van der Waals surface area contributed by atoms with E-state index >= 15 is 0 Å². The molecule has 27 heavy (non-hydrogen) atoms. The highest BCUT2D eigenvalue weighted by molar-refractivity contribution is 5.92. The molecule has 0 spiro atoms. The van der Waals surface area contributed by atoms with Gasteiger partial charge in [0.1, 0.15) is 5.75 Å². The molecule has 2 N–H and O–H groups in total. The van der Waals surface area contributed by atoms with Crippen molar-refractivity contribution in [3.63, 3.8) is 0 Å². The largest absolute Gasteiger partial charge is 0.497 e. The van der Waals surface area contributed by atoms with Crippen molar-refractivity contribution >= 4 is 23.3 Å². The van der Waals surface area contributed by atoms with E-state index in [1.807, 2.05) is 18.2 Å². The number of nitrogens with one attached hydrogen (secondary N) is 2. The third kappa shape index (κ3) is 5.13. The van der Waals surface area contributed by atoms with Crippen molar-refractivity contribution in [3.05, 3.63) is 54.6 Å². The molecule has 0 unspecified atom stereocenters. The van der Waals surface area contributed by atoms with Crippen molar-refractivity contribution in [1.82, 2.24) is 10.2 Å². The van der Waals surface area contributed by atoms with Crippen molar-refractivity contribution in [2.45, 2.75) is 0 Å². The standard InChI is InChI=1S/C20H24N4O3/c1-27-18-9-7-16(8-10-18)22-20(26)21-15-19(25)24-13-11-23(12-14-24)17-5-3-2-4-6-17/h2-10H,11-15H2,1H3,(H2,21,22,26). The number of ether oxygens (including phenoxy) is 1. The molecule has 3 rings (SSSR count). The minimum absolute atomic E-state index is 0.0205. The Morgan fingerprint density at radius 3 is 2.26 bits per heavy atom. The fraction of sp³-hybridized carbons (Fsp3) is 0.300. The van der Waals surface area contributed by atoms with Crippen molar-refractivity contribution < 1.29 is 14.3 Å². The smallest absolute Gasteiger partial charge is 0.319 e. The molecule has 1 heterocycles. The molecule has 0 bridgehead atoms. The molecule has 7 nitrogen and oxygen atoms in total. The zero-order valence-electron chi connectivity index (χ0n) is 15.4. The van der Waals surface area contributed by atoms with Crippen LogP contribution in [0.1, 0.15) is 0 Å². The summed E-state index contributed by atoms with van der Waals surface area (Å²) in [6.07, 6.45) is 0. The first-order valence-electron chi connectivity index (χ1n) is 8.92. The topological polar surface area (TPSA) is 73.9 Å². The normalized spacial score (nSPS) is 13.8. The first-order valence-corrected chi connectivity index (χ1v) is 8.92. The molecule has 7 heteroatoms. The van der Waals surface area contributed by atoms with Gasteiger partial charge in [-0.15, -0.1) is 0 Å². The lowest BCUT2D eigenvalue weighted by Gasteiger charge is -2.36. The third-order valence-corrected chi connectivity index (χ3v) is 4.50. The lowest BCUT2D eigenvalue weighted by molar-refractivity contribution is -0.130. The molecular weight excluding hydrogens is 344 g/mol. The van der Waals surface area contributed by atoms with Gasteiger partial charge in [-0.25, -0.2) is 4.79 Å². The van der Waals surface area contributed by atoms with Gasteiger partial charge in [0.25, 0.3) is 0 Å². The first kappa shape index (κ1) is 18.6. The molecule has 2 aromatic carbocycles. The van der Waals surface area contributed by atoms with Crippen LogP contribution in [0, 0.1) is 0 Å². The monoisotopic (exact) mass is 368 g/mol. The first-order chi connectivity index (χ1) is 13.2. The van der Waals surface area contributed by atoms with E-state index < -0.39 is 6.03 Å². The number of methoxy groups -OCH3 is 1. The van der Waals surface area contributed by atoms with Gasteiger partial charge in [0.15, 0.2) is 0 Å². The van der Waals surface area contributed by atoms with Crippen LogP contribution in [0.4, 0.5) is 16.2 Å². The number of hydrogen-bond donors (Lipinski definition) is 2. The number of anilines is 2. The van der Waals surface area contributed by atoms with Gasteiger partial charge in [0.05, 0.1) is 13.7 Å². The van der Waals surface area contributed by atoms with Gasteiger partial charge in [0.2, 0.25) is 5.91 Å². The molecule has 0 aliphatic carbocycles. The zero-order valence-corrected chi connectivity index (χ0v) is 15.4. The Hall–Kier alpha value is -3.22. The number of para-hydroxylation sites is 1. The summed E-state index contributed by atoms with van der Waals surface area (Å²) < 4.78 is 5.07. The average molecular weight is 368 g/mol. The summed E-state index contributed by atoms with van der Waals surface area (Å²) in [5, 5.41) is 5.31. The van der Waals surface area contributed by atoms with E-state index in [4.69, 9.17) is 4.74 Å². The lowest BCUT2D eigenvalue weighted by Crippen LogP contribution is -2.51. The number of benzene rings is 2. The van der Waals surface area contributed by atoms with Crippen LogP contribution in [0.5, 0.6) is 5.75 Å². The number of hydrogen-bond acceptors (Lipinski definition) is 4. The number of amides is 3. The van der Waals surface area contributed by atoms with Crippen molar-refractivity contribution in [3.8, 4) is 5.75 Å². The summed E-state index contributed by atoms with van der Waals surface area (Å²) in [5.74, 6) is 0.637. The highest BCUT2D eigenvalue weighted by atomic mass is 16.5. The SMILES string of the molecule is COc1ccc(NC(=O)NCC(=O)N2CCN(c3ccccc3)CC2)cc1. The Labute approximate surface area is 158 Å². The molecular formula is C20H24N4O3. The second-order valence-corrected chi connectivity index (χ2v) is 6.24. The van der Waals surface area contributed by atoms with Crippen LogP contribution < -0.4 is 20.3 Å². The summed E-state index contributed by atoms with van der Waals surface area (Å²) in [4.78, 5) is 28.3. The number of urea groups is 1. The number of piperazine rings is 1. The second-order valence-electron chi connectivity index (χ2n) is 6.24. The molecule has 1 saturated heterocycles. The minimum atomic E-state index is -0.406. The Kier molecular flexibility index (Phi) is 6.14.